The van der Waals surface area contributed by atoms with Gasteiger partial charge in [0.15, 0.2) is 0 Å². The van der Waals surface area contributed by atoms with Gasteiger partial charge in [0.25, 0.3) is 0 Å². The molecule has 0 spiro atoms. The zero-order valence-corrected chi connectivity index (χ0v) is 14.6. The van der Waals surface area contributed by atoms with Gasteiger partial charge >= 0.3 is 58.4 Å². The van der Waals surface area contributed by atoms with Gasteiger partial charge in [0.1, 0.15) is 0 Å². The number of hydrogen-bond acceptors (Lipinski definition) is 2. The molecule has 1 saturated carbocycles. The summed E-state index contributed by atoms with van der Waals surface area (Å²) in [6, 6.07) is 0.181. The molecule has 0 amide bonds. The molecule has 1 unspecified atom stereocenters. The first-order valence-electron chi connectivity index (χ1n) is 5.97. The number of methoxy groups -OCH3 is 1. The molecule has 1 atom stereocenters. The van der Waals surface area contributed by atoms with Crippen molar-refractivity contribution in [1.29, 1.82) is 0 Å². The molecule has 1 aliphatic rings. The molecule has 1 rings (SSSR count). The van der Waals surface area contributed by atoms with Gasteiger partial charge in [0.05, 0.1) is 6.61 Å². The Morgan fingerprint density at radius 2 is 2.00 bits per heavy atom. The topological polar surface area (TPSA) is 12.5 Å². The van der Waals surface area contributed by atoms with Gasteiger partial charge in [-0.05, 0) is 32.2 Å². The predicted octanol–water partition coefficient (Wildman–Crippen LogP) is -0.320. The molecule has 0 aromatic heterocycles. The third-order valence-electron chi connectivity index (χ3n) is 3.33. The molecular weight excluding hydrogens is 269 g/mol. The molecule has 2 nitrogen and oxygen atoms in total. The summed E-state index contributed by atoms with van der Waals surface area (Å²) in [6.07, 6.45) is 2.24. The summed E-state index contributed by atoms with van der Waals surface area (Å²) in [7, 11) is 1.56. The fourth-order valence-corrected chi connectivity index (χ4v) is 1.88. The van der Waals surface area contributed by atoms with Gasteiger partial charge in [0.2, 0.25) is 0 Å². The van der Waals surface area contributed by atoms with Crippen molar-refractivity contribution in [2.75, 3.05) is 26.8 Å². The van der Waals surface area contributed by atoms with Crippen LogP contribution < -0.4 is 51.4 Å². The van der Waals surface area contributed by atoms with Crippen LogP contribution in [-0.2, 0) is 4.74 Å². The molecule has 0 aliphatic heterocycles. The van der Waals surface area contributed by atoms with Gasteiger partial charge in [-0.3, -0.25) is 4.90 Å². The van der Waals surface area contributed by atoms with Crippen LogP contribution in [0.3, 0.4) is 0 Å². The van der Waals surface area contributed by atoms with Crippen molar-refractivity contribution >= 4 is 6.98 Å². The van der Waals surface area contributed by atoms with E-state index in [1.54, 1.807) is 7.11 Å². The molecule has 100 valence electrons. The first-order chi connectivity index (χ1) is 7.86. The molecule has 0 bridgehead atoms. The van der Waals surface area contributed by atoms with Crippen molar-refractivity contribution in [3.63, 3.8) is 0 Å². The predicted molar refractivity (Wildman–Crippen MR) is 63.9 cm³/mol. The summed E-state index contributed by atoms with van der Waals surface area (Å²) in [5.41, 5.74) is -0.617. The van der Waals surface area contributed by atoms with Gasteiger partial charge < -0.3 is 17.7 Å². The molecular formula is C11H20BF3KNO. The van der Waals surface area contributed by atoms with Crippen LogP contribution >= 0.6 is 0 Å². The molecule has 0 aromatic rings. The van der Waals surface area contributed by atoms with Crippen molar-refractivity contribution in [3.05, 3.63) is 12.1 Å². The summed E-state index contributed by atoms with van der Waals surface area (Å²) in [6.45, 7) is 1.11. The molecule has 0 saturated heterocycles. The van der Waals surface area contributed by atoms with Gasteiger partial charge in [0, 0.05) is 19.7 Å². The van der Waals surface area contributed by atoms with Crippen LogP contribution in [0.5, 0.6) is 0 Å². The standard InChI is InChI=1S/C11H20BF3NO.K/c1-9(12(13,14)15)8-16(6-7-17-3)10(2)11-4-5-11;/h10-11H,1,4-8H2,2-3H3;/q-1;+1. The number of ether oxygens (including phenoxy) is 1. The number of rotatable bonds is 8. The van der Waals surface area contributed by atoms with Crippen LogP contribution in [0, 0.1) is 5.92 Å². The van der Waals surface area contributed by atoms with Gasteiger partial charge in [-0.2, -0.15) is 0 Å². The first kappa shape index (κ1) is 19.2. The SMILES string of the molecule is C=C(CN(CCOC)C(C)C1CC1)[B-](F)(F)F.[K+]. The van der Waals surface area contributed by atoms with Crippen LogP contribution in [-0.4, -0.2) is 44.7 Å². The summed E-state index contributed by atoms with van der Waals surface area (Å²) < 4.78 is 42.5. The molecule has 0 aromatic carbocycles. The van der Waals surface area contributed by atoms with Gasteiger partial charge in [-0.15, -0.1) is 12.1 Å². The van der Waals surface area contributed by atoms with Crippen LogP contribution in [0.1, 0.15) is 19.8 Å². The van der Waals surface area contributed by atoms with E-state index in [4.69, 9.17) is 4.74 Å². The number of hydrogen-bond donors (Lipinski definition) is 0. The molecule has 0 radical (unpaired) electrons. The van der Waals surface area contributed by atoms with Crippen LogP contribution in [0.15, 0.2) is 12.1 Å². The molecule has 0 heterocycles. The number of nitrogens with zero attached hydrogens (tertiary/aromatic N) is 1. The second kappa shape index (κ2) is 8.44. The second-order valence-electron chi connectivity index (χ2n) is 4.77. The first-order valence-corrected chi connectivity index (χ1v) is 5.97. The molecule has 1 fully saturated rings. The normalized spacial score (nSPS) is 17.4. The van der Waals surface area contributed by atoms with Crippen molar-refractivity contribution in [2.24, 2.45) is 5.92 Å². The van der Waals surface area contributed by atoms with E-state index in [0.29, 0.717) is 19.1 Å². The summed E-state index contributed by atoms with van der Waals surface area (Å²) >= 11 is 0. The minimum Gasteiger partial charge on any atom is -0.445 e. The maximum Gasteiger partial charge on any atom is 1.00 e. The molecule has 7 heteroatoms. The maximum atomic E-state index is 12.5. The van der Waals surface area contributed by atoms with Crippen LogP contribution in [0.4, 0.5) is 12.9 Å². The van der Waals surface area contributed by atoms with Crippen molar-refractivity contribution in [3.8, 4) is 0 Å². The average molecular weight is 289 g/mol. The van der Waals surface area contributed by atoms with E-state index in [-0.39, 0.29) is 64.0 Å². The van der Waals surface area contributed by atoms with E-state index < -0.39 is 12.4 Å². The fraction of sp³-hybridized carbons (Fsp3) is 0.818. The van der Waals surface area contributed by atoms with Crippen molar-refractivity contribution in [2.45, 2.75) is 25.8 Å². The van der Waals surface area contributed by atoms with E-state index in [1.807, 2.05) is 11.8 Å². The van der Waals surface area contributed by atoms with Gasteiger partial charge in [-0.1, -0.05) is 0 Å². The Labute approximate surface area is 150 Å². The Morgan fingerprint density at radius 1 is 1.44 bits per heavy atom. The largest absolute Gasteiger partial charge is 1.00 e. The van der Waals surface area contributed by atoms with Crippen molar-refractivity contribution < 1.29 is 69.1 Å². The molecule has 18 heavy (non-hydrogen) atoms. The minimum absolute atomic E-state index is 0. The summed E-state index contributed by atoms with van der Waals surface area (Å²) in [4.78, 5) is 1.83. The third kappa shape index (κ3) is 6.54. The van der Waals surface area contributed by atoms with E-state index in [0.717, 1.165) is 12.8 Å². The van der Waals surface area contributed by atoms with E-state index in [1.165, 1.54) is 0 Å². The number of halogens is 3. The third-order valence-corrected chi connectivity index (χ3v) is 3.33. The Balaban J connectivity index is 0.00000289. The summed E-state index contributed by atoms with van der Waals surface area (Å²) in [5.74, 6) is 0.542. The van der Waals surface area contributed by atoms with Gasteiger partial charge in [-0.25, -0.2) is 0 Å². The zero-order valence-electron chi connectivity index (χ0n) is 11.5. The fourth-order valence-electron chi connectivity index (χ4n) is 1.88. The van der Waals surface area contributed by atoms with Crippen LogP contribution in [0.25, 0.3) is 0 Å². The average Bonchev–Trinajstić information content (AvgIpc) is 3.05. The van der Waals surface area contributed by atoms with E-state index in [2.05, 4.69) is 6.58 Å². The van der Waals surface area contributed by atoms with Crippen LogP contribution in [0.2, 0.25) is 0 Å². The second-order valence-corrected chi connectivity index (χ2v) is 4.77. The minimum atomic E-state index is -4.93. The quantitative estimate of drug-likeness (QED) is 0.568. The Morgan fingerprint density at radius 3 is 2.39 bits per heavy atom. The summed E-state index contributed by atoms with van der Waals surface area (Å²) in [5, 5.41) is 0. The zero-order chi connectivity index (χ0) is 13.1. The Kier molecular flexibility index (Phi) is 8.98. The molecule has 1 aliphatic carbocycles. The van der Waals surface area contributed by atoms with Crippen molar-refractivity contribution in [1.82, 2.24) is 4.90 Å². The maximum absolute atomic E-state index is 12.5. The van der Waals surface area contributed by atoms with E-state index in [9.17, 15) is 12.9 Å². The molecule has 0 N–H and O–H groups in total. The van der Waals surface area contributed by atoms with E-state index >= 15 is 0 Å². The Hall–Kier alpha value is 1.15. The smallest absolute Gasteiger partial charge is 0.445 e. The Bertz CT molecular complexity index is 272. The monoisotopic (exact) mass is 289 g/mol.